The number of nitrogens with one attached hydrogen (secondary N) is 1. The summed E-state index contributed by atoms with van der Waals surface area (Å²) in [5.41, 5.74) is 0.0663. The van der Waals surface area contributed by atoms with Gasteiger partial charge in [-0.25, -0.2) is 0 Å². The first-order valence-corrected chi connectivity index (χ1v) is 9.77. The lowest BCUT2D eigenvalue weighted by Crippen LogP contribution is -2.44. The van der Waals surface area contributed by atoms with E-state index in [1.165, 1.54) is 30.3 Å². The predicted molar refractivity (Wildman–Crippen MR) is 101 cm³/mol. The molecule has 0 atom stereocenters. The second kappa shape index (κ2) is 7.24. The van der Waals surface area contributed by atoms with E-state index in [2.05, 4.69) is 20.1 Å². The Labute approximate surface area is 162 Å². The fourth-order valence-corrected chi connectivity index (χ4v) is 3.32. The van der Waals surface area contributed by atoms with Crippen LogP contribution >= 0.6 is 15.9 Å². The summed E-state index contributed by atoms with van der Waals surface area (Å²) in [6.45, 7) is 0. The summed E-state index contributed by atoms with van der Waals surface area (Å²) in [7, 11) is -5.56. The summed E-state index contributed by atoms with van der Waals surface area (Å²) in [6, 6.07) is 16.7. The molecule has 0 aliphatic heterocycles. The van der Waals surface area contributed by atoms with Gasteiger partial charge in [-0.2, -0.15) is 17.2 Å². The van der Waals surface area contributed by atoms with Gasteiger partial charge < -0.3 is 9.50 Å². The van der Waals surface area contributed by atoms with Crippen molar-refractivity contribution < 1.29 is 26.2 Å². The van der Waals surface area contributed by atoms with Gasteiger partial charge in [0.1, 0.15) is 5.75 Å². The molecule has 0 aliphatic carbocycles. The van der Waals surface area contributed by atoms with Gasteiger partial charge in [0.15, 0.2) is 0 Å². The molecule has 0 heterocycles. The van der Waals surface area contributed by atoms with Gasteiger partial charge >= 0.3 is 21.3 Å². The van der Waals surface area contributed by atoms with Crippen LogP contribution in [-0.2, 0) is 14.9 Å². The molecular formula is C18H12BrF2NO4S. The quantitative estimate of drug-likeness (QED) is 0.573. The number of amides is 1. The zero-order chi connectivity index (χ0) is 19.7. The third kappa shape index (κ3) is 3.93. The zero-order valence-electron chi connectivity index (χ0n) is 13.5. The number of carbonyl (C=O) groups excluding carboxylic acids is 1. The van der Waals surface area contributed by atoms with E-state index < -0.39 is 21.3 Å². The zero-order valence-corrected chi connectivity index (χ0v) is 15.9. The number of rotatable bonds is 5. The second-order valence-electron chi connectivity index (χ2n) is 5.49. The Kier molecular flexibility index (Phi) is 5.16. The van der Waals surface area contributed by atoms with Crippen molar-refractivity contribution in [3.8, 4) is 5.75 Å². The van der Waals surface area contributed by atoms with Crippen molar-refractivity contribution in [1.29, 1.82) is 0 Å². The SMILES string of the molecule is O=C(Nc1cccc2ccccc12)C(F)(F)S(=O)(=O)Oc1ccc(Br)cc1. The molecule has 5 nitrogen and oxygen atoms in total. The highest BCUT2D eigenvalue weighted by Crippen LogP contribution is 2.30. The third-order valence-electron chi connectivity index (χ3n) is 3.64. The Hall–Kier alpha value is -2.52. The highest BCUT2D eigenvalue weighted by atomic mass is 79.9. The monoisotopic (exact) mass is 455 g/mol. The van der Waals surface area contributed by atoms with Gasteiger partial charge in [0.05, 0.1) is 0 Å². The van der Waals surface area contributed by atoms with Crippen LogP contribution in [-0.4, -0.2) is 19.6 Å². The average Bonchev–Trinajstić information content (AvgIpc) is 2.63. The molecule has 0 bridgehead atoms. The van der Waals surface area contributed by atoms with Gasteiger partial charge in [0.2, 0.25) is 0 Å². The normalized spacial score (nSPS) is 12.0. The van der Waals surface area contributed by atoms with E-state index in [-0.39, 0.29) is 11.4 Å². The maximum Gasteiger partial charge on any atom is 0.458 e. The second-order valence-corrected chi connectivity index (χ2v) is 7.99. The molecule has 3 rings (SSSR count). The number of carbonyl (C=O) groups is 1. The van der Waals surface area contributed by atoms with Crippen molar-refractivity contribution in [2.75, 3.05) is 5.32 Å². The van der Waals surface area contributed by atoms with E-state index in [9.17, 15) is 22.0 Å². The summed E-state index contributed by atoms with van der Waals surface area (Å²) in [5.74, 6) is -2.34. The Balaban J connectivity index is 1.86. The van der Waals surface area contributed by atoms with Crippen molar-refractivity contribution in [3.05, 3.63) is 71.2 Å². The fourth-order valence-electron chi connectivity index (χ4n) is 2.31. The van der Waals surface area contributed by atoms with Gasteiger partial charge in [-0.05, 0) is 35.7 Å². The van der Waals surface area contributed by atoms with Crippen LogP contribution in [0.1, 0.15) is 0 Å². The first kappa shape index (κ1) is 19.2. The van der Waals surface area contributed by atoms with Crippen LogP contribution < -0.4 is 9.50 Å². The summed E-state index contributed by atoms with van der Waals surface area (Å²) in [4.78, 5) is 12.0. The highest BCUT2D eigenvalue weighted by molar-refractivity contribution is 9.10. The minimum Gasteiger partial charge on any atom is -0.378 e. The first-order valence-electron chi connectivity index (χ1n) is 7.57. The lowest BCUT2D eigenvalue weighted by Gasteiger charge is -2.17. The van der Waals surface area contributed by atoms with Gasteiger partial charge in [0, 0.05) is 15.5 Å². The number of hydrogen-bond acceptors (Lipinski definition) is 4. The smallest absolute Gasteiger partial charge is 0.378 e. The Morgan fingerprint density at radius 2 is 1.59 bits per heavy atom. The van der Waals surface area contributed by atoms with Gasteiger partial charge in [-0.3, -0.25) is 4.79 Å². The van der Waals surface area contributed by atoms with Crippen molar-refractivity contribution >= 4 is 48.4 Å². The molecule has 0 saturated heterocycles. The van der Waals surface area contributed by atoms with Gasteiger partial charge in [0.25, 0.3) is 0 Å². The van der Waals surface area contributed by atoms with Crippen molar-refractivity contribution in [2.24, 2.45) is 0 Å². The molecule has 1 N–H and O–H groups in total. The fraction of sp³-hybridized carbons (Fsp3) is 0.0556. The van der Waals surface area contributed by atoms with E-state index in [1.807, 2.05) is 5.32 Å². The van der Waals surface area contributed by atoms with Crippen LogP contribution in [0, 0.1) is 0 Å². The van der Waals surface area contributed by atoms with Crippen molar-refractivity contribution in [3.63, 3.8) is 0 Å². The number of alkyl halides is 2. The van der Waals surface area contributed by atoms with Crippen LogP contribution in [0.3, 0.4) is 0 Å². The molecule has 0 aliphatic rings. The number of benzene rings is 3. The molecule has 3 aromatic carbocycles. The first-order chi connectivity index (χ1) is 12.7. The largest absolute Gasteiger partial charge is 0.458 e. The van der Waals surface area contributed by atoms with E-state index >= 15 is 0 Å². The molecule has 0 radical (unpaired) electrons. The average molecular weight is 456 g/mol. The summed E-state index contributed by atoms with van der Waals surface area (Å²) < 4.78 is 57.6. The Bertz CT molecular complexity index is 1100. The maximum absolute atomic E-state index is 14.3. The summed E-state index contributed by atoms with van der Waals surface area (Å²) in [5, 5.41) is -1.63. The summed E-state index contributed by atoms with van der Waals surface area (Å²) in [6.07, 6.45) is 0. The Morgan fingerprint density at radius 3 is 2.30 bits per heavy atom. The van der Waals surface area contributed by atoms with Crippen molar-refractivity contribution in [2.45, 2.75) is 5.25 Å². The van der Waals surface area contributed by atoms with Crippen LogP contribution in [0.15, 0.2) is 71.2 Å². The van der Waals surface area contributed by atoms with Crippen LogP contribution in [0.5, 0.6) is 5.75 Å². The Morgan fingerprint density at radius 1 is 0.963 bits per heavy atom. The van der Waals surface area contributed by atoms with E-state index in [0.717, 1.165) is 0 Å². The minimum atomic E-state index is -5.56. The van der Waals surface area contributed by atoms with Gasteiger partial charge in [-0.15, -0.1) is 0 Å². The minimum absolute atomic E-state index is 0.0663. The molecule has 9 heteroatoms. The topological polar surface area (TPSA) is 72.5 Å². The summed E-state index contributed by atoms with van der Waals surface area (Å²) >= 11 is 3.13. The molecule has 0 fully saturated rings. The molecule has 27 heavy (non-hydrogen) atoms. The number of fused-ring (bicyclic) bond motifs is 1. The standard InChI is InChI=1S/C18H12BrF2NO4S/c19-13-8-10-14(11-9-13)26-27(24,25)18(20,21)17(23)22-16-7-3-5-12-4-1-2-6-15(12)16/h1-11H,(H,22,23). The molecule has 0 unspecified atom stereocenters. The third-order valence-corrected chi connectivity index (χ3v) is 5.39. The lowest BCUT2D eigenvalue weighted by molar-refractivity contribution is -0.130. The van der Waals surface area contributed by atoms with Gasteiger partial charge in [-0.1, -0.05) is 52.3 Å². The van der Waals surface area contributed by atoms with Crippen LogP contribution in [0.4, 0.5) is 14.5 Å². The molecule has 0 aromatic heterocycles. The van der Waals surface area contributed by atoms with Crippen LogP contribution in [0.2, 0.25) is 0 Å². The molecule has 0 spiro atoms. The lowest BCUT2D eigenvalue weighted by atomic mass is 10.1. The maximum atomic E-state index is 14.3. The molecule has 140 valence electrons. The molecule has 0 saturated carbocycles. The van der Waals surface area contributed by atoms with E-state index in [0.29, 0.717) is 15.2 Å². The van der Waals surface area contributed by atoms with Crippen LogP contribution in [0.25, 0.3) is 10.8 Å². The van der Waals surface area contributed by atoms with Crippen molar-refractivity contribution in [1.82, 2.24) is 0 Å². The predicted octanol–water partition coefficient (Wildman–Crippen LogP) is 4.54. The highest BCUT2D eigenvalue weighted by Gasteiger charge is 2.55. The number of halogens is 3. The molecule has 3 aromatic rings. The van der Waals surface area contributed by atoms with E-state index in [4.69, 9.17) is 0 Å². The molecular weight excluding hydrogens is 444 g/mol. The van der Waals surface area contributed by atoms with E-state index in [1.54, 1.807) is 36.4 Å². The number of anilines is 1. The molecule has 1 amide bonds. The number of hydrogen-bond donors (Lipinski definition) is 1.